The van der Waals surface area contributed by atoms with E-state index in [1.54, 1.807) is 17.9 Å². The van der Waals surface area contributed by atoms with Gasteiger partial charge in [-0.15, -0.1) is 0 Å². The summed E-state index contributed by atoms with van der Waals surface area (Å²) in [6.45, 7) is 7.86. The molecule has 0 radical (unpaired) electrons. The number of aliphatic hydroxyl groups is 1. The zero-order chi connectivity index (χ0) is 29.9. The molecule has 3 atom stereocenters. The van der Waals surface area contributed by atoms with Crippen molar-refractivity contribution in [2.24, 2.45) is 11.8 Å². The maximum atomic E-state index is 13.6. The third kappa shape index (κ3) is 4.61. The second kappa shape index (κ2) is 10.9. The number of aromatic nitrogens is 1. The molecule has 3 saturated heterocycles. The fourth-order valence-electron chi connectivity index (χ4n) is 7.89. The zero-order valence-corrected chi connectivity index (χ0v) is 25.0. The van der Waals surface area contributed by atoms with Crippen LogP contribution in [0.2, 0.25) is 0 Å². The molecule has 7 rings (SSSR count). The second-order valence-electron chi connectivity index (χ2n) is 12.6. The molecule has 0 saturated carbocycles. The highest BCUT2D eigenvalue weighted by molar-refractivity contribution is 5.98. The summed E-state index contributed by atoms with van der Waals surface area (Å²) in [5.74, 6) is -1.66. The van der Waals surface area contributed by atoms with E-state index in [1.165, 1.54) is 32.4 Å². The summed E-state index contributed by atoms with van der Waals surface area (Å²) in [4.78, 5) is 50.4. The Balaban J connectivity index is 1.14. The summed E-state index contributed by atoms with van der Waals surface area (Å²) in [6, 6.07) is 6.07. The molecule has 43 heavy (non-hydrogen) atoms. The van der Waals surface area contributed by atoms with Crippen molar-refractivity contribution in [3.8, 4) is 5.75 Å². The fourth-order valence-corrected chi connectivity index (χ4v) is 7.89. The highest BCUT2D eigenvalue weighted by Crippen LogP contribution is 2.47. The van der Waals surface area contributed by atoms with Gasteiger partial charge in [-0.05, 0) is 75.4 Å². The quantitative estimate of drug-likeness (QED) is 0.536. The summed E-state index contributed by atoms with van der Waals surface area (Å²) < 4.78 is 11.1. The van der Waals surface area contributed by atoms with E-state index in [1.807, 2.05) is 23.1 Å². The van der Waals surface area contributed by atoms with Crippen LogP contribution >= 0.6 is 0 Å². The van der Waals surface area contributed by atoms with Gasteiger partial charge in [-0.25, -0.2) is 14.6 Å². The average molecular weight is 589 g/mol. The Morgan fingerprint density at radius 2 is 1.88 bits per heavy atom. The minimum Gasteiger partial charge on any atom is -0.463 e. The monoisotopic (exact) mass is 588 g/mol. The van der Waals surface area contributed by atoms with Gasteiger partial charge >= 0.3 is 12.1 Å². The first-order valence-corrected chi connectivity index (χ1v) is 15.9. The number of hydrogen-bond acceptors (Lipinski definition) is 8. The van der Waals surface area contributed by atoms with Gasteiger partial charge in [0.15, 0.2) is 5.60 Å². The van der Waals surface area contributed by atoms with E-state index in [-0.39, 0.29) is 25.0 Å². The van der Waals surface area contributed by atoms with E-state index in [0.29, 0.717) is 49.2 Å². The van der Waals surface area contributed by atoms with Crippen molar-refractivity contribution in [1.29, 1.82) is 0 Å². The molecule has 2 aromatic rings. The van der Waals surface area contributed by atoms with Gasteiger partial charge in [0.2, 0.25) is 5.91 Å². The molecule has 3 fully saturated rings. The normalized spacial score (nSPS) is 27.8. The summed E-state index contributed by atoms with van der Waals surface area (Å²) in [7, 11) is 0. The zero-order valence-electron chi connectivity index (χ0n) is 25.0. The first kappa shape index (κ1) is 28.3. The molecule has 0 aliphatic carbocycles. The number of aryl methyl sites for hydroxylation is 1. The van der Waals surface area contributed by atoms with Gasteiger partial charge in [-0.3, -0.25) is 4.79 Å². The number of cyclic esters (lactones) is 1. The number of carbonyl (C=O) groups excluding carboxylic acids is 3. The number of esters is 1. The van der Waals surface area contributed by atoms with E-state index in [4.69, 9.17) is 14.5 Å². The third-order valence-corrected chi connectivity index (χ3v) is 10.4. The largest absolute Gasteiger partial charge is 0.463 e. The number of piperidine rings is 2. The molecule has 2 unspecified atom stereocenters. The van der Waals surface area contributed by atoms with E-state index in [2.05, 4.69) is 11.8 Å². The van der Waals surface area contributed by atoms with Gasteiger partial charge in [0, 0.05) is 36.0 Å². The summed E-state index contributed by atoms with van der Waals surface area (Å²) >= 11 is 0. The van der Waals surface area contributed by atoms with Crippen molar-refractivity contribution in [3.63, 3.8) is 0 Å². The number of fused-ring (bicyclic) bond motifs is 5. The average Bonchev–Trinajstić information content (AvgIpc) is 3.41. The Kier molecular flexibility index (Phi) is 7.16. The highest BCUT2D eigenvalue weighted by atomic mass is 16.6. The lowest BCUT2D eigenvalue weighted by molar-refractivity contribution is -0.190. The number of carbonyl (C=O) groups is 3. The van der Waals surface area contributed by atoms with Gasteiger partial charge in [-0.2, -0.15) is 0 Å². The second-order valence-corrected chi connectivity index (χ2v) is 12.6. The molecule has 1 N–H and O–H groups in total. The van der Waals surface area contributed by atoms with Crippen molar-refractivity contribution < 1.29 is 29.0 Å². The van der Waals surface area contributed by atoms with Crippen molar-refractivity contribution in [3.05, 3.63) is 41.1 Å². The Morgan fingerprint density at radius 1 is 1.12 bits per heavy atom. The van der Waals surface area contributed by atoms with Crippen LogP contribution in [0.5, 0.6) is 5.75 Å². The molecule has 6 heterocycles. The van der Waals surface area contributed by atoms with Crippen molar-refractivity contribution in [2.75, 3.05) is 32.8 Å². The van der Waals surface area contributed by atoms with Crippen LogP contribution < -0.4 is 4.74 Å². The first-order chi connectivity index (χ1) is 20.8. The predicted molar refractivity (Wildman–Crippen MR) is 159 cm³/mol. The maximum absolute atomic E-state index is 13.6. The van der Waals surface area contributed by atoms with Gasteiger partial charge in [-0.1, -0.05) is 26.3 Å². The molecule has 1 aromatic carbocycles. The SMILES string of the molecule is CCc1c2c(nc3ccc(OC(=O)N4CCC(N5CCCCC5)CC4)cc13)C1=CC3C(COC(=O)[C@]3(O)CC)C(=O)N1C2. The minimum absolute atomic E-state index is 0.0397. The van der Waals surface area contributed by atoms with Gasteiger partial charge in [0.25, 0.3) is 0 Å². The molecular formula is C33H40N4O6. The Bertz CT molecular complexity index is 1510. The number of nitrogens with zero attached hydrogens (tertiary/aromatic N) is 4. The summed E-state index contributed by atoms with van der Waals surface area (Å²) in [5, 5.41) is 12.1. The summed E-state index contributed by atoms with van der Waals surface area (Å²) in [6.07, 6.45) is 8.20. The van der Waals surface area contributed by atoms with Crippen LogP contribution in [-0.2, 0) is 27.3 Å². The molecule has 228 valence electrons. The van der Waals surface area contributed by atoms with Gasteiger partial charge in [0.1, 0.15) is 12.4 Å². The molecule has 0 bridgehead atoms. The third-order valence-electron chi connectivity index (χ3n) is 10.4. The van der Waals surface area contributed by atoms with E-state index >= 15 is 0 Å². The smallest absolute Gasteiger partial charge is 0.415 e. The molecule has 2 amide bonds. The Morgan fingerprint density at radius 3 is 2.60 bits per heavy atom. The first-order valence-electron chi connectivity index (χ1n) is 15.9. The highest BCUT2D eigenvalue weighted by Gasteiger charge is 2.56. The minimum atomic E-state index is -1.74. The fraction of sp³-hybridized carbons (Fsp3) is 0.576. The number of likely N-dealkylation sites (tertiary alicyclic amines) is 2. The molecule has 0 spiro atoms. The van der Waals surface area contributed by atoms with E-state index in [0.717, 1.165) is 34.9 Å². The molecule has 10 nitrogen and oxygen atoms in total. The van der Waals surface area contributed by atoms with Crippen LogP contribution in [0.1, 0.15) is 69.2 Å². The van der Waals surface area contributed by atoms with Crippen LogP contribution in [0.15, 0.2) is 24.3 Å². The van der Waals surface area contributed by atoms with Gasteiger partial charge < -0.3 is 29.3 Å². The Hall–Kier alpha value is -3.50. The number of benzene rings is 1. The van der Waals surface area contributed by atoms with Crippen LogP contribution in [0.4, 0.5) is 4.79 Å². The van der Waals surface area contributed by atoms with Crippen LogP contribution in [0.3, 0.4) is 0 Å². The molecule has 1 aromatic heterocycles. The lowest BCUT2D eigenvalue weighted by atomic mass is 9.72. The molecule has 5 aliphatic heterocycles. The Labute approximate surface area is 251 Å². The van der Waals surface area contributed by atoms with Crippen molar-refractivity contribution in [1.82, 2.24) is 19.7 Å². The predicted octanol–water partition coefficient (Wildman–Crippen LogP) is 3.87. The topological polar surface area (TPSA) is 113 Å². The van der Waals surface area contributed by atoms with E-state index in [9.17, 15) is 19.5 Å². The lowest BCUT2D eigenvalue weighted by Crippen LogP contribution is -2.58. The van der Waals surface area contributed by atoms with Crippen LogP contribution in [-0.4, -0.2) is 87.2 Å². The number of pyridine rings is 1. The van der Waals surface area contributed by atoms with Crippen molar-refractivity contribution in [2.45, 2.75) is 77.0 Å². The molecular weight excluding hydrogens is 548 g/mol. The maximum Gasteiger partial charge on any atom is 0.415 e. The lowest BCUT2D eigenvalue weighted by Gasteiger charge is -2.44. The van der Waals surface area contributed by atoms with E-state index < -0.39 is 23.4 Å². The number of amides is 2. The standard InChI is InChI=1S/C33H40N4O6/c1-3-22-23-16-21(43-32(40)36-14-10-20(11-15-36)35-12-6-5-7-13-35)8-9-27(23)34-29-24(22)18-37-28(29)17-26-25(30(37)38)19-42-31(39)33(26,41)4-2/h8-9,16-17,20,25-26,41H,3-7,10-15,18-19H2,1-2H3/t25?,26?,33-/m0/s1. The number of rotatable bonds is 4. The number of ether oxygens (including phenoxy) is 2. The summed E-state index contributed by atoms with van der Waals surface area (Å²) in [5.41, 5.74) is 2.33. The number of hydrogen-bond donors (Lipinski definition) is 1. The van der Waals surface area contributed by atoms with Crippen molar-refractivity contribution >= 4 is 34.6 Å². The van der Waals surface area contributed by atoms with Gasteiger partial charge in [0.05, 0.1) is 29.4 Å². The molecule has 10 heteroatoms. The van der Waals surface area contributed by atoms with Crippen LogP contribution in [0, 0.1) is 11.8 Å². The van der Waals surface area contributed by atoms with Crippen LogP contribution in [0.25, 0.3) is 16.6 Å². The molecule has 5 aliphatic rings.